The molecule has 0 fully saturated rings. The molecule has 96 valence electrons. The molecule has 5 nitrogen and oxygen atoms in total. The van der Waals surface area contributed by atoms with Gasteiger partial charge in [-0.3, -0.25) is 4.79 Å². The predicted octanol–water partition coefficient (Wildman–Crippen LogP) is 1.39. The Morgan fingerprint density at radius 2 is 2.22 bits per heavy atom. The van der Waals surface area contributed by atoms with Crippen LogP contribution in [0.1, 0.15) is 35.7 Å². The van der Waals surface area contributed by atoms with Gasteiger partial charge in [0.2, 0.25) is 0 Å². The van der Waals surface area contributed by atoms with Gasteiger partial charge in [0, 0.05) is 0 Å². The number of hydrogen-bond acceptors (Lipinski definition) is 3. The molecule has 2 N–H and O–H groups in total. The Labute approximate surface area is 105 Å². The van der Waals surface area contributed by atoms with E-state index in [4.69, 9.17) is 9.84 Å². The Morgan fingerprint density at radius 3 is 2.83 bits per heavy atom. The first-order valence-electron chi connectivity index (χ1n) is 5.79. The minimum atomic E-state index is -1.10. The van der Waals surface area contributed by atoms with E-state index in [0.717, 1.165) is 5.56 Å². The van der Waals surface area contributed by atoms with Crippen molar-refractivity contribution in [1.82, 2.24) is 5.32 Å². The van der Waals surface area contributed by atoms with Crippen LogP contribution in [0.15, 0.2) is 18.2 Å². The van der Waals surface area contributed by atoms with Crippen LogP contribution in [0.5, 0.6) is 5.75 Å². The summed E-state index contributed by atoms with van der Waals surface area (Å²) in [4.78, 5) is 22.8. The third-order valence-electron chi connectivity index (χ3n) is 2.92. The molecule has 5 heteroatoms. The molecule has 1 heterocycles. The van der Waals surface area contributed by atoms with Gasteiger partial charge in [0.1, 0.15) is 12.4 Å². The Bertz CT molecular complexity index is 496. The number of rotatable bonds is 2. The summed E-state index contributed by atoms with van der Waals surface area (Å²) in [5.41, 5.74) is 1.41. The van der Waals surface area contributed by atoms with E-state index in [1.165, 1.54) is 0 Å². The lowest BCUT2D eigenvalue weighted by Crippen LogP contribution is -2.42. The molecule has 1 aliphatic heterocycles. The zero-order chi connectivity index (χ0) is 13.3. The second kappa shape index (κ2) is 4.68. The van der Waals surface area contributed by atoms with Crippen molar-refractivity contribution in [3.8, 4) is 5.75 Å². The third kappa shape index (κ3) is 2.30. The summed E-state index contributed by atoms with van der Waals surface area (Å²) in [5.74, 6) is -0.778. The van der Waals surface area contributed by atoms with E-state index in [1.807, 2.05) is 19.9 Å². The molecule has 0 saturated heterocycles. The fourth-order valence-corrected chi connectivity index (χ4v) is 1.79. The number of carbonyl (C=O) groups excluding carboxylic acids is 1. The average Bonchev–Trinajstić information content (AvgIpc) is 2.48. The van der Waals surface area contributed by atoms with Crippen molar-refractivity contribution >= 4 is 11.9 Å². The summed E-state index contributed by atoms with van der Waals surface area (Å²) in [6.45, 7) is 3.99. The van der Waals surface area contributed by atoms with Crippen molar-refractivity contribution < 1.29 is 19.4 Å². The van der Waals surface area contributed by atoms with Crippen molar-refractivity contribution in [2.24, 2.45) is 0 Å². The van der Waals surface area contributed by atoms with Crippen LogP contribution in [0.2, 0.25) is 0 Å². The monoisotopic (exact) mass is 249 g/mol. The van der Waals surface area contributed by atoms with Crippen LogP contribution in [0, 0.1) is 0 Å². The molecule has 0 radical (unpaired) electrons. The van der Waals surface area contributed by atoms with Gasteiger partial charge in [-0.15, -0.1) is 0 Å². The molecule has 1 aromatic carbocycles. The molecule has 0 bridgehead atoms. The lowest BCUT2D eigenvalue weighted by molar-refractivity contribution is -0.139. The number of nitrogens with one attached hydrogen (secondary N) is 1. The molecule has 18 heavy (non-hydrogen) atoms. The topological polar surface area (TPSA) is 75.6 Å². The SMILES string of the molecule is CC(C)c1ccc2c(c1)C(=O)NC(C(=O)O)CO2. The molecule has 1 atom stereocenters. The number of carbonyl (C=O) groups is 2. The van der Waals surface area contributed by atoms with Crippen molar-refractivity contribution in [3.63, 3.8) is 0 Å². The van der Waals surface area contributed by atoms with E-state index >= 15 is 0 Å². The fraction of sp³-hybridized carbons (Fsp3) is 0.385. The normalized spacial score (nSPS) is 18.6. The lowest BCUT2D eigenvalue weighted by atomic mass is 10.00. The Hall–Kier alpha value is -2.04. The summed E-state index contributed by atoms with van der Waals surface area (Å²) in [6, 6.07) is 4.35. The van der Waals surface area contributed by atoms with E-state index in [9.17, 15) is 9.59 Å². The molecule has 0 aromatic heterocycles. The van der Waals surface area contributed by atoms with Crippen LogP contribution in [0.3, 0.4) is 0 Å². The summed E-state index contributed by atoms with van der Waals surface area (Å²) < 4.78 is 5.36. The maximum absolute atomic E-state index is 11.9. The number of carboxylic acid groups (broad SMARTS) is 1. The summed E-state index contributed by atoms with van der Waals surface area (Å²) in [5, 5.41) is 11.3. The van der Waals surface area contributed by atoms with Crippen LogP contribution in [0.25, 0.3) is 0 Å². The van der Waals surface area contributed by atoms with E-state index in [-0.39, 0.29) is 6.61 Å². The van der Waals surface area contributed by atoms with E-state index in [1.54, 1.807) is 12.1 Å². The van der Waals surface area contributed by atoms with Crippen molar-refractivity contribution in [2.45, 2.75) is 25.8 Å². The zero-order valence-corrected chi connectivity index (χ0v) is 10.3. The summed E-state index contributed by atoms with van der Waals surface area (Å²) in [7, 11) is 0. The van der Waals surface area contributed by atoms with Gasteiger partial charge in [-0.05, 0) is 23.6 Å². The van der Waals surface area contributed by atoms with Gasteiger partial charge >= 0.3 is 5.97 Å². The van der Waals surface area contributed by atoms with Gasteiger partial charge in [0.15, 0.2) is 6.04 Å². The summed E-state index contributed by atoms with van der Waals surface area (Å²) >= 11 is 0. The highest BCUT2D eigenvalue weighted by Gasteiger charge is 2.27. The zero-order valence-electron chi connectivity index (χ0n) is 10.3. The van der Waals surface area contributed by atoms with Gasteiger partial charge in [-0.1, -0.05) is 19.9 Å². The molecule has 0 spiro atoms. The van der Waals surface area contributed by atoms with Gasteiger partial charge in [0.05, 0.1) is 5.56 Å². The van der Waals surface area contributed by atoms with Crippen LogP contribution in [0.4, 0.5) is 0 Å². The quantitative estimate of drug-likeness (QED) is 0.830. The molecule has 1 aromatic rings. The maximum Gasteiger partial charge on any atom is 0.329 e. The average molecular weight is 249 g/mol. The minimum absolute atomic E-state index is 0.0604. The maximum atomic E-state index is 11.9. The van der Waals surface area contributed by atoms with Crippen LogP contribution >= 0.6 is 0 Å². The Kier molecular flexibility index (Phi) is 3.23. The second-order valence-electron chi connectivity index (χ2n) is 4.59. The number of carboxylic acids is 1. The highest BCUT2D eigenvalue weighted by molar-refractivity contribution is 5.99. The van der Waals surface area contributed by atoms with Gasteiger partial charge in [0.25, 0.3) is 5.91 Å². The van der Waals surface area contributed by atoms with Gasteiger partial charge in [-0.25, -0.2) is 4.79 Å². The van der Waals surface area contributed by atoms with Crippen LogP contribution < -0.4 is 10.1 Å². The van der Waals surface area contributed by atoms with Gasteiger partial charge < -0.3 is 15.2 Å². The number of ether oxygens (including phenoxy) is 1. The van der Waals surface area contributed by atoms with E-state index in [0.29, 0.717) is 17.2 Å². The molecule has 1 aliphatic rings. The molecule has 0 aliphatic carbocycles. The number of hydrogen-bond donors (Lipinski definition) is 2. The lowest BCUT2D eigenvalue weighted by Gasteiger charge is -2.10. The first kappa shape index (κ1) is 12.4. The molecule has 2 rings (SSSR count). The number of fused-ring (bicyclic) bond motifs is 1. The third-order valence-corrected chi connectivity index (χ3v) is 2.92. The summed E-state index contributed by atoms with van der Waals surface area (Å²) in [6.07, 6.45) is 0. The highest BCUT2D eigenvalue weighted by Crippen LogP contribution is 2.26. The second-order valence-corrected chi connectivity index (χ2v) is 4.59. The van der Waals surface area contributed by atoms with Crippen molar-refractivity contribution in [3.05, 3.63) is 29.3 Å². The molecule has 0 saturated carbocycles. The Morgan fingerprint density at radius 1 is 1.50 bits per heavy atom. The fourth-order valence-electron chi connectivity index (χ4n) is 1.79. The minimum Gasteiger partial charge on any atom is -0.490 e. The van der Waals surface area contributed by atoms with Crippen LogP contribution in [-0.4, -0.2) is 29.6 Å². The molecular weight excluding hydrogens is 234 g/mol. The standard InChI is InChI=1S/C13H15NO4/c1-7(2)8-3-4-11-9(5-8)12(15)14-10(6-18-11)13(16)17/h3-5,7,10H,6H2,1-2H3,(H,14,15)(H,16,17). The largest absolute Gasteiger partial charge is 0.490 e. The van der Waals surface area contributed by atoms with Crippen molar-refractivity contribution in [2.75, 3.05) is 6.61 Å². The molecular formula is C13H15NO4. The smallest absolute Gasteiger partial charge is 0.329 e. The predicted molar refractivity (Wildman–Crippen MR) is 64.9 cm³/mol. The van der Waals surface area contributed by atoms with E-state index < -0.39 is 17.9 Å². The van der Waals surface area contributed by atoms with Crippen LogP contribution in [-0.2, 0) is 4.79 Å². The molecule has 1 amide bonds. The first-order chi connectivity index (χ1) is 8.49. The highest BCUT2D eigenvalue weighted by atomic mass is 16.5. The number of benzene rings is 1. The number of amides is 1. The van der Waals surface area contributed by atoms with Crippen molar-refractivity contribution in [1.29, 1.82) is 0 Å². The number of aliphatic carboxylic acids is 1. The molecule has 1 unspecified atom stereocenters. The van der Waals surface area contributed by atoms with Gasteiger partial charge in [-0.2, -0.15) is 0 Å². The van der Waals surface area contributed by atoms with E-state index in [2.05, 4.69) is 5.32 Å². The Balaban J connectivity index is 2.36. The first-order valence-corrected chi connectivity index (χ1v) is 5.79.